The molecular weight excluding hydrogens is 327 g/mol. The highest BCUT2D eigenvalue weighted by atomic mass is 19.4. The normalized spacial score (nSPS) is 17.3. The van der Waals surface area contributed by atoms with Crippen LogP contribution in [-0.4, -0.2) is 67.5 Å². The molecule has 134 valence electrons. The highest BCUT2D eigenvalue weighted by Gasteiger charge is 2.29. The Bertz CT molecular complexity index is 548. The summed E-state index contributed by atoms with van der Waals surface area (Å²) in [6, 6.07) is 2.95. The molecule has 1 N–H and O–H groups in total. The predicted octanol–water partition coefficient (Wildman–Crippen LogP) is 1.47. The van der Waals surface area contributed by atoms with Crippen LogP contribution in [0.5, 0.6) is 5.88 Å². The van der Waals surface area contributed by atoms with E-state index < -0.39 is 18.7 Å². The van der Waals surface area contributed by atoms with Crippen LogP contribution in [0.4, 0.5) is 13.2 Å². The molecule has 1 aliphatic rings. The lowest BCUT2D eigenvalue weighted by Gasteiger charge is -2.32. The maximum Gasteiger partial charge on any atom is 0.422 e. The fourth-order valence-corrected chi connectivity index (χ4v) is 2.31. The second kappa shape index (κ2) is 8.29. The van der Waals surface area contributed by atoms with Gasteiger partial charge in [-0.15, -0.1) is 0 Å². The fraction of sp³-hybridized carbons (Fsp3) is 0.600. The molecule has 1 aromatic rings. The number of hydrogen-bond donors (Lipinski definition) is 1. The Morgan fingerprint density at radius 1 is 1.46 bits per heavy atom. The van der Waals surface area contributed by atoms with Gasteiger partial charge in [0.1, 0.15) is 5.56 Å². The molecule has 2 rings (SSSR count). The molecule has 24 heavy (non-hydrogen) atoms. The monoisotopic (exact) mass is 347 g/mol. The Balaban J connectivity index is 1.91. The summed E-state index contributed by atoms with van der Waals surface area (Å²) in [6.45, 7) is 3.71. The molecule has 1 aromatic heterocycles. The van der Waals surface area contributed by atoms with Gasteiger partial charge in [0.15, 0.2) is 6.61 Å². The first-order valence-electron chi connectivity index (χ1n) is 7.61. The maximum atomic E-state index is 12.3. The third-order valence-corrected chi connectivity index (χ3v) is 3.62. The molecule has 0 aromatic carbocycles. The fourth-order valence-electron chi connectivity index (χ4n) is 2.31. The van der Waals surface area contributed by atoms with Crippen molar-refractivity contribution < 1.29 is 27.4 Å². The first kappa shape index (κ1) is 18.5. The van der Waals surface area contributed by atoms with E-state index in [-0.39, 0.29) is 17.5 Å². The number of amides is 1. The number of hydrogen-bond acceptors (Lipinski definition) is 5. The SMILES string of the molecule is C[C@@H](CNC(=O)c1cccnc1OCC(F)(F)F)N1CCOCC1. The van der Waals surface area contributed by atoms with Gasteiger partial charge in [-0.3, -0.25) is 9.69 Å². The first-order valence-corrected chi connectivity index (χ1v) is 7.61. The Labute approximate surface area is 137 Å². The number of carbonyl (C=O) groups is 1. The topological polar surface area (TPSA) is 63.7 Å². The van der Waals surface area contributed by atoms with Gasteiger partial charge in [-0.25, -0.2) is 4.98 Å². The summed E-state index contributed by atoms with van der Waals surface area (Å²) in [5.41, 5.74) is -0.0177. The van der Waals surface area contributed by atoms with Crippen molar-refractivity contribution in [2.24, 2.45) is 0 Å². The molecule has 1 saturated heterocycles. The van der Waals surface area contributed by atoms with Crippen LogP contribution in [0.15, 0.2) is 18.3 Å². The minimum atomic E-state index is -4.49. The van der Waals surface area contributed by atoms with Crippen molar-refractivity contribution >= 4 is 5.91 Å². The van der Waals surface area contributed by atoms with Gasteiger partial charge in [0.25, 0.3) is 5.91 Å². The molecule has 0 unspecified atom stereocenters. The lowest BCUT2D eigenvalue weighted by molar-refractivity contribution is -0.154. The van der Waals surface area contributed by atoms with E-state index in [4.69, 9.17) is 4.74 Å². The van der Waals surface area contributed by atoms with Crippen molar-refractivity contribution in [1.82, 2.24) is 15.2 Å². The van der Waals surface area contributed by atoms with Crippen LogP contribution in [0.1, 0.15) is 17.3 Å². The van der Waals surface area contributed by atoms with E-state index in [0.717, 1.165) is 13.1 Å². The van der Waals surface area contributed by atoms with E-state index in [1.54, 1.807) is 0 Å². The number of ether oxygens (including phenoxy) is 2. The first-order chi connectivity index (χ1) is 11.4. The standard InChI is InChI=1S/C15H20F3N3O3/c1-11(21-5-7-23-8-6-21)9-20-13(22)12-3-2-4-19-14(12)24-10-15(16,17)18/h2-4,11H,5-10H2,1H3,(H,20,22)/t11-/m0/s1. The molecule has 1 aliphatic heterocycles. The van der Waals surface area contributed by atoms with Gasteiger partial charge in [-0.2, -0.15) is 13.2 Å². The summed E-state index contributed by atoms with van der Waals surface area (Å²) in [5, 5.41) is 2.71. The number of rotatable bonds is 6. The van der Waals surface area contributed by atoms with E-state index in [0.29, 0.717) is 19.8 Å². The Morgan fingerprint density at radius 2 is 2.17 bits per heavy atom. The van der Waals surface area contributed by atoms with Gasteiger partial charge in [-0.05, 0) is 19.1 Å². The minimum absolute atomic E-state index is 0.0177. The average molecular weight is 347 g/mol. The smallest absolute Gasteiger partial charge is 0.422 e. The number of nitrogens with zero attached hydrogens (tertiary/aromatic N) is 2. The van der Waals surface area contributed by atoms with Crippen LogP contribution in [0.2, 0.25) is 0 Å². The van der Waals surface area contributed by atoms with Crippen molar-refractivity contribution in [3.8, 4) is 5.88 Å². The van der Waals surface area contributed by atoms with E-state index in [9.17, 15) is 18.0 Å². The summed E-state index contributed by atoms with van der Waals surface area (Å²) in [7, 11) is 0. The van der Waals surface area contributed by atoms with Crippen LogP contribution in [-0.2, 0) is 4.74 Å². The highest BCUT2D eigenvalue weighted by molar-refractivity contribution is 5.96. The summed E-state index contributed by atoms with van der Waals surface area (Å²) < 4.78 is 46.7. The van der Waals surface area contributed by atoms with Crippen LogP contribution in [0, 0.1) is 0 Å². The van der Waals surface area contributed by atoms with Crippen LogP contribution >= 0.6 is 0 Å². The third kappa shape index (κ3) is 5.64. The number of morpholine rings is 1. The van der Waals surface area contributed by atoms with Crippen LogP contribution < -0.4 is 10.1 Å². The average Bonchev–Trinajstić information content (AvgIpc) is 2.58. The number of carbonyl (C=O) groups excluding carboxylic acids is 1. The molecule has 2 heterocycles. The van der Waals surface area contributed by atoms with Gasteiger partial charge in [0.05, 0.1) is 13.2 Å². The number of halogens is 3. The number of nitrogens with one attached hydrogen (secondary N) is 1. The zero-order valence-corrected chi connectivity index (χ0v) is 13.3. The van der Waals surface area contributed by atoms with Crippen molar-refractivity contribution in [2.45, 2.75) is 19.1 Å². The molecule has 1 fully saturated rings. The second-order valence-corrected chi connectivity index (χ2v) is 5.47. The van der Waals surface area contributed by atoms with Crippen LogP contribution in [0.3, 0.4) is 0 Å². The molecule has 6 nitrogen and oxygen atoms in total. The molecular formula is C15H20F3N3O3. The van der Waals surface area contributed by atoms with Crippen molar-refractivity contribution in [2.75, 3.05) is 39.5 Å². The zero-order chi connectivity index (χ0) is 17.6. The summed E-state index contributed by atoms with van der Waals surface area (Å²) in [5.74, 6) is -0.841. The molecule has 1 atom stereocenters. The Morgan fingerprint density at radius 3 is 2.83 bits per heavy atom. The number of alkyl halides is 3. The third-order valence-electron chi connectivity index (χ3n) is 3.62. The van der Waals surface area contributed by atoms with Gasteiger partial charge in [0, 0.05) is 31.9 Å². The molecule has 0 bridgehead atoms. The Hall–Kier alpha value is -1.87. The number of aromatic nitrogens is 1. The largest absolute Gasteiger partial charge is 0.467 e. The maximum absolute atomic E-state index is 12.3. The zero-order valence-electron chi connectivity index (χ0n) is 13.3. The van der Waals surface area contributed by atoms with Crippen molar-refractivity contribution in [1.29, 1.82) is 0 Å². The quantitative estimate of drug-likeness (QED) is 0.844. The molecule has 1 amide bonds. The van der Waals surface area contributed by atoms with Gasteiger partial charge < -0.3 is 14.8 Å². The number of pyridine rings is 1. The van der Waals surface area contributed by atoms with E-state index in [1.165, 1.54) is 18.3 Å². The summed E-state index contributed by atoms with van der Waals surface area (Å²) >= 11 is 0. The molecule has 0 saturated carbocycles. The van der Waals surface area contributed by atoms with Gasteiger partial charge in [0.2, 0.25) is 5.88 Å². The van der Waals surface area contributed by atoms with E-state index in [2.05, 4.69) is 19.9 Å². The highest BCUT2D eigenvalue weighted by Crippen LogP contribution is 2.20. The Kier molecular flexibility index (Phi) is 6.38. The molecule has 9 heteroatoms. The lowest BCUT2D eigenvalue weighted by Crippen LogP contribution is -2.47. The predicted molar refractivity (Wildman–Crippen MR) is 80.0 cm³/mol. The summed E-state index contributed by atoms with van der Waals surface area (Å²) in [6.07, 6.45) is -3.21. The van der Waals surface area contributed by atoms with Crippen LogP contribution in [0.25, 0.3) is 0 Å². The molecule has 0 radical (unpaired) electrons. The molecule has 0 aliphatic carbocycles. The van der Waals surface area contributed by atoms with E-state index >= 15 is 0 Å². The van der Waals surface area contributed by atoms with Gasteiger partial charge in [-0.1, -0.05) is 0 Å². The second-order valence-electron chi connectivity index (χ2n) is 5.47. The van der Waals surface area contributed by atoms with Crippen molar-refractivity contribution in [3.63, 3.8) is 0 Å². The van der Waals surface area contributed by atoms with Crippen molar-refractivity contribution in [3.05, 3.63) is 23.9 Å². The minimum Gasteiger partial charge on any atom is -0.467 e. The summed E-state index contributed by atoms with van der Waals surface area (Å²) in [4.78, 5) is 18.1. The molecule has 0 spiro atoms. The van der Waals surface area contributed by atoms with E-state index in [1.807, 2.05) is 6.92 Å². The van der Waals surface area contributed by atoms with Gasteiger partial charge >= 0.3 is 6.18 Å². The lowest BCUT2D eigenvalue weighted by atomic mass is 10.2.